The van der Waals surface area contributed by atoms with Crippen LogP contribution in [0.5, 0.6) is 34.5 Å². The number of alkyl halides is 3. The van der Waals surface area contributed by atoms with Crippen molar-refractivity contribution in [2.75, 3.05) is 58.6 Å². The highest BCUT2D eigenvalue weighted by molar-refractivity contribution is 7.24. The number of benzene rings is 4. The molecule has 2 aromatic heterocycles. The van der Waals surface area contributed by atoms with E-state index in [0.29, 0.717) is 57.1 Å². The van der Waals surface area contributed by atoms with E-state index in [1.165, 1.54) is 53.0 Å². The average molecular weight is 1080 g/mol. The molecular weight excluding hydrogens is 1020 g/mol. The lowest BCUT2D eigenvalue weighted by molar-refractivity contribution is -0.249. The summed E-state index contributed by atoms with van der Waals surface area (Å²) in [5, 5.41) is 30.4. The van der Waals surface area contributed by atoms with E-state index < -0.39 is 45.1 Å². The Hall–Kier alpha value is -8.10. The lowest BCUT2D eigenvalue weighted by Crippen LogP contribution is -2.43. The van der Waals surface area contributed by atoms with Gasteiger partial charge in [0.05, 0.1) is 60.2 Å². The molecule has 3 aliphatic heterocycles. The van der Waals surface area contributed by atoms with Crippen LogP contribution < -0.4 is 33.3 Å². The molecular formula is C61H55F3N4O7S2. The molecule has 9 rings (SSSR count). The zero-order valence-electron chi connectivity index (χ0n) is 43.4. The number of halogens is 3. The zero-order chi connectivity index (χ0) is 54.5. The first-order valence-corrected chi connectivity index (χ1v) is 26.6. The van der Waals surface area contributed by atoms with Gasteiger partial charge in [0.15, 0.2) is 34.3 Å². The largest absolute Gasteiger partial charge is 0.497 e. The zero-order valence-corrected chi connectivity index (χ0v) is 45.0. The predicted octanol–water partition coefficient (Wildman–Crippen LogP) is 14.2. The van der Waals surface area contributed by atoms with Gasteiger partial charge in [-0.25, -0.2) is 0 Å². The maximum Gasteiger partial charge on any atom is 0.437 e. The van der Waals surface area contributed by atoms with Crippen LogP contribution in [0.1, 0.15) is 59.7 Å². The summed E-state index contributed by atoms with van der Waals surface area (Å²) in [7, 11) is 3.24. The number of allylic oxidation sites excluding steroid dienone is 2. The molecule has 0 radical (unpaired) electrons. The Morgan fingerprint density at radius 3 is 1.53 bits per heavy atom. The third kappa shape index (κ3) is 10.7. The predicted molar refractivity (Wildman–Crippen MR) is 293 cm³/mol. The van der Waals surface area contributed by atoms with E-state index in [4.69, 9.17) is 33.2 Å². The SMILES string of the molecule is CCN(CC)c1ccc(/C=C/c2sc(-c3sc(/C=C/C4=C(C#N)C(=C(C#N)C#N)OC4(c4ccccc4)C(F)(F)F)c4c3OCC(C)(Cc3ccc(OC)cc3)CO4)c3c2OCC(C)(Cc2ccc(OC)cc2)CO3)cc1. The summed E-state index contributed by atoms with van der Waals surface area (Å²) in [4.78, 5) is 4.64. The molecule has 0 spiro atoms. The number of anilines is 1. The van der Waals surface area contributed by atoms with E-state index in [1.807, 2.05) is 73.7 Å². The third-order valence-electron chi connectivity index (χ3n) is 13.9. The van der Waals surface area contributed by atoms with Crippen molar-refractivity contribution in [2.45, 2.75) is 52.3 Å². The summed E-state index contributed by atoms with van der Waals surface area (Å²) in [5.74, 6) is 2.33. The Kier molecular flexibility index (Phi) is 15.5. The van der Waals surface area contributed by atoms with Crippen LogP contribution in [0.15, 0.2) is 132 Å². The van der Waals surface area contributed by atoms with E-state index in [0.717, 1.165) is 52.2 Å². The number of rotatable bonds is 15. The van der Waals surface area contributed by atoms with Gasteiger partial charge in [0.25, 0.3) is 5.60 Å². The summed E-state index contributed by atoms with van der Waals surface area (Å²) >= 11 is 2.65. The summed E-state index contributed by atoms with van der Waals surface area (Å²) in [5.41, 5.74) is -2.57. The van der Waals surface area contributed by atoms with Crippen molar-refractivity contribution in [1.29, 1.82) is 15.8 Å². The fourth-order valence-corrected chi connectivity index (χ4v) is 12.1. The Balaban J connectivity index is 1.20. The molecule has 77 heavy (non-hydrogen) atoms. The van der Waals surface area contributed by atoms with Gasteiger partial charge >= 0.3 is 6.18 Å². The smallest absolute Gasteiger partial charge is 0.437 e. The van der Waals surface area contributed by atoms with Crippen LogP contribution in [0.4, 0.5) is 18.9 Å². The minimum Gasteiger partial charge on any atom is -0.497 e. The highest BCUT2D eigenvalue weighted by Crippen LogP contribution is 2.60. The molecule has 3 aliphatic rings. The normalized spacial score (nSPS) is 19.9. The number of thiophene rings is 2. The van der Waals surface area contributed by atoms with E-state index in [9.17, 15) is 15.8 Å². The Labute approximate surface area is 454 Å². The first kappa shape index (κ1) is 53.7. The van der Waals surface area contributed by atoms with E-state index >= 15 is 13.2 Å². The number of hydrogen-bond donors (Lipinski definition) is 0. The minimum atomic E-state index is -5.20. The number of nitrogens with zero attached hydrogens (tertiary/aromatic N) is 4. The van der Waals surface area contributed by atoms with Gasteiger partial charge in [-0.15, -0.1) is 22.7 Å². The standard InChI is InChI=1S/C61H55F3N4O7S2/c1-7-68(8-2)44-21-14-39(15-22-44)20-28-49-52-54(73-37-58(3,35-71-52)30-40-16-23-45(69-5)24-17-40)56(76-49)57-55-53(72-36-59(4,38-74-55)31-41-18-25-46(70-6)26-19-41)50(77-57)29-27-48-47(34-67)51(42(32-65)33-66)75-60(48,61(62,63)64)43-12-10-9-11-13-43/h9-29H,7-8,30-31,35-38H2,1-6H3/b28-20+,29-27+. The van der Waals surface area contributed by atoms with Gasteiger partial charge in [-0.2, -0.15) is 29.0 Å². The van der Waals surface area contributed by atoms with Gasteiger partial charge < -0.3 is 38.1 Å². The monoisotopic (exact) mass is 1080 g/mol. The van der Waals surface area contributed by atoms with Crippen LogP contribution in [0.2, 0.25) is 0 Å². The molecule has 11 nitrogen and oxygen atoms in total. The lowest BCUT2D eigenvalue weighted by atomic mass is 9.84. The molecule has 3 atom stereocenters. The number of methoxy groups -OCH3 is 2. The van der Waals surface area contributed by atoms with Crippen LogP contribution in [-0.2, 0) is 23.2 Å². The van der Waals surface area contributed by atoms with Gasteiger partial charge in [0.1, 0.15) is 35.3 Å². The summed E-state index contributed by atoms with van der Waals surface area (Å²) in [6, 6.07) is 35.9. The van der Waals surface area contributed by atoms with Crippen molar-refractivity contribution in [2.24, 2.45) is 10.8 Å². The van der Waals surface area contributed by atoms with Crippen molar-refractivity contribution in [3.8, 4) is 62.5 Å². The van der Waals surface area contributed by atoms with Crippen LogP contribution >= 0.6 is 22.7 Å². The lowest BCUT2D eigenvalue weighted by Gasteiger charge is -2.33. The number of ether oxygens (including phenoxy) is 7. The second-order valence-electron chi connectivity index (χ2n) is 19.6. The van der Waals surface area contributed by atoms with Crippen LogP contribution in [0, 0.1) is 44.8 Å². The second kappa shape index (κ2) is 22.2. The van der Waals surface area contributed by atoms with Gasteiger partial charge in [0, 0.05) is 40.7 Å². The maximum absolute atomic E-state index is 16.0. The van der Waals surface area contributed by atoms with Crippen molar-refractivity contribution in [1.82, 2.24) is 0 Å². The number of hydrogen-bond acceptors (Lipinski definition) is 13. The first-order chi connectivity index (χ1) is 37.1. The van der Waals surface area contributed by atoms with Crippen LogP contribution in [0.25, 0.3) is 28.0 Å². The minimum absolute atomic E-state index is 0.155. The molecule has 0 fully saturated rings. The molecule has 4 aromatic carbocycles. The molecule has 0 bridgehead atoms. The molecule has 394 valence electrons. The topological polar surface area (TPSA) is 139 Å². The van der Waals surface area contributed by atoms with Gasteiger partial charge in [0.2, 0.25) is 0 Å². The van der Waals surface area contributed by atoms with Gasteiger partial charge in [-0.05, 0) is 91.9 Å². The molecule has 0 amide bonds. The summed E-state index contributed by atoms with van der Waals surface area (Å²) in [6.45, 7) is 11.1. The maximum atomic E-state index is 16.0. The third-order valence-corrected chi connectivity index (χ3v) is 16.3. The molecule has 0 N–H and O–H groups in total. The fraction of sp³-hybridized carbons (Fsp3) is 0.295. The Morgan fingerprint density at radius 1 is 0.636 bits per heavy atom. The molecule has 0 saturated carbocycles. The van der Waals surface area contributed by atoms with Crippen molar-refractivity contribution in [3.63, 3.8) is 0 Å². The number of nitriles is 3. The van der Waals surface area contributed by atoms with Crippen molar-refractivity contribution < 1.29 is 46.3 Å². The van der Waals surface area contributed by atoms with Crippen molar-refractivity contribution >= 4 is 46.6 Å². The van der Waals surface area contributed by atoms with E-state index in [1.54, 1.807) is 32.4 Å². The molecule has 5 heterocycles. The molecule has 6 aromatic rings. The molecule has 0 aliphatic carbocycles. The highest BCUT2D eigenvalue weighted by Gasteiger charge is 2.65. The van der Waals surface area contributed by atoms with Gasteiger partial charge in [-0.1, -0.05) is 92.7 Å². The quantitative estimate of drug-likeness (QED) is 0.0908. The number of fused-ring (bicyclic) bond motifs is 2. The van der Waals surface area contributed by atoms with Crippen LogP contribution in [0.3, 0.4) is 0 Å². The Bertz CT molecular complexity index is 3380. The second-order valence-corrected chi connectivity index (χ2v) is 21.7. The van der Waals surface area contributed by atoms with Crippen LogP contribution in [-0.4, -0.2) is 59.9 Å². The van der Waals surface area contributed by atoms with Gasteiger partial charge in [-0.3, -0.25) is 0 Å². The van der Waals surface area contributed by atoms with E-state index in [-0.39, 0.29) is 31.1 Å². The summed E-state index contributed by atoms with van der Waals surface area (Å²) < 4.78 is 92.0. The van der Waals surface area contributed by atoms with Crippen molar-refractivity contribution in [3.05, 3.63) is 164 Å². The average Bonchev–Trinajstić information content (AvgIpc) is 4.07. The molecule has 0 saturated heterocycles. The first-order valence-electron chi connectivity index (χ1n) is 25.0. The van der Waals surface area contributed by atoms with E-state index in [2.05, 4.69) is 49.9 Å². The summed E-state index contributed by atoms with van der Waals surface area (Å²) in [6.07, 6.45) is 2.62. The Morgan fingerprint density at radius 2 is 1.10 bits per heavy atom. The molecule has 16 heteroatoms. The highest BCUT2D eigenvalue weighted by atomic mass is 32.1. The molecule has 3 unspecified atom stereocenters. The fourth-order valence-electron chi connectivity index (χ4n) is 9.78.